The molecule has 3 aromatic carbocycles. The van der Waals surface area contributed by atoms with Gasteiger partial charge in [-0.05, 0) is 41.0 Å². The van der Waals surface area contributed by atoms with E-state index < -0.39 is 27.1 Å². The van der Waals surface area contributed by atoms with E-state index in [0.29, 0.717) is 13.1 Å². The van der Waals surface area contributed by atoms with E-state index in [4.69, 9.17) is 0 Å². The van der Waals surface area contributed by atoms with Crippen molar-refractivity contribution in [2.75, 3.05) is 4.90 Å². The van der Waals surface area contributed by atoms with Crippen molar-refractivity contribution < 1.29 is 19.0 Å². The van der Waals surface area contributed by atoms with Gasteiger partial charge in [-0.25, -0.2) is 4.39 Å². The predicted molar refractivity (Wildman–Crippen MR) is 114 cm³/mol. The van der Waals surface area contributed by atoms with Crippen LogP contribution >= 0.6 is 0 Å². The van der Waals surface area contributed by atoms with Gasteiger partial charge in [0.1, 0.15) is 5.82 Å². The molecule has 32 heavy (non-hydrogen) atoms. The normalized spacial score (nSPS) is 12.3. The fourth-order valence-electron chi connectivity index (χ4n) is 3.61. The monoisotopic (exact) mass is 436 g/mol. The summed E-state index contributed by atoms with van der Waals surface area (Å²) in [5, 5.41) is 24.7. The van der Waals surface area contributed by atoms with Crippen LogP contribution in [0, 0.1) is 26.0 Å². The Morgan fingerprint density at radius 2 is 1.53 bits per heavy atom. The first-order chi connectivity index (χ1) is 15.3. The molecule has 4 rings (SSSR count). The summed E-state index contributed by atoms with van der Waals surface area (Å²) in [5.41, 5.74) is 2.72. The summed E-state index contributed by atoms with van der Waals surface area (Å²) in [5.74, 6) is -0.942. The lowest BCUT2D eigenvalue weighted by molar-refractivity contribution is -0.394. The minimum absolute atomic E-state index is 0.152. The predicted octanol–water partition coefficient (Wildman–Crippen LogP) is 4.09. The van der Waals surface area contributed by atoms with E-state index in [1.165, 1.54) is 12.1 Å². The first kappa shape index (κ1) is 20.9. The highest BCUT2D eigenvalue weighted by molar-refractivity contribution is 5.95. The van der Waals surface area contributed by atoms with Crippen molar-refractivity contribution in [2.24, 2.45) is 0 Å². The molecule has 1 heterocycles. The Balaban J connectivity index is 1.45. The van der Waals surface area contributed by atoms with Crippen molar-refractivity contribution in [3.63, 3.8) is 0 Å². The molecule has 0 aliphatic carbocycles. The second-order valence-electron chi connectivity index (χ2n) is 7.37. The number of halogens is 1. The van der Waals surface area contributed by atoms with Crippen LogP contribution in [0.1, 0.15) is 27.0 Å². The summed E-state index contributed by atoms with van der Waals surface area (Å²) in [4.78, 5) is 35.0. The second kappa shape index (κ2) is 8.42. The number of fused-ring (bicyclic) bond motifs is 1. The molecule has 1 amide bonds. The van der Waals surface area contributed by atoms with Crippen molar-refractivity contribution in [3.05, 3.63) is 109 Å². The van der Waals surface area contributed by atoms with E-state index in [9.17, 15) is 29.4 Å². The first-order valence-corrected chi connectivity index (χ1v) is 9.63. The number of nitro groups is 2. The number of nitro benzene ring substituents is 2. The van der Waals surface area contributed by atoms with E-state index in [1.807, 2.05) is 18.2 Å². The largest absolute Gasteiger partial charge is 0.363 e. The second-order valence-corrected chi connectivity index (χ2v) is 7.37. The third kappa shape index (κ3) is 4.38. The Hall–Kier alpha value is -4.34. The van der Waals surface area contributed by atoms with Gasteiger partial charge in [-0.2, -0.15) is 0 Å². The molecule has 0 bridgehead atoms. The number of amides is 1. The van der Waals surface area contributed by atoms with Crippen molar-refractivity contribution in [3.8, 4) is 0 Å². The van der Waals surface area contributed by atoms with Crippen molar-refractivity contribution in [1.82, 2.24) is 5.32 Å². The van der Waals surface area contributed by atoms with Gasteiger partial charge in [-0.1, -0.05) is 18.2 Å². The maximum atomic E-state index is 13.2. The molecule has 0 unspecified atom stereocenters. The van der Waals surface area contributed by atoms with Crippen LogP contribution in [0.3, 0.4) is 0 Å². The van der Waals surface area contributed by atoms with Gasteiger partial charge in [0.2, 0.25) is 0 Å². The highest BCUT2D eigenvalue weighted by Gasteiger charge is 2.21. The Morgan fingerprint density at radius 1 is 0.906 bits per heavy atom. The molecule has 3 aromatic rings. The summed E-state index contributed by atoms with van der Waals surface area (Å²) in [7, 11) is 0. The number of non-ortho nitro benzene ring substituents is 2. The number of carbonyl (C=O) groups is 1. The van der Waals surface area contributed by atoms with Crippen LogP contribution in [-0.2, 0) is 19.6 Å². The Kier molecular flexibility index (Phi) is 5.50. The first-order valence-electron chi connectivity index (χ1n) is 9.63. The van der Waals surface area contributed by atoms with Gasteiger partial charge < -0.3 is 10.2 Å². The van der Waals surface area contributed by atoms with Gasteiger partial charge in [0.05, 0.1) is 21.5 Å². The molecule has 162 valence electrons. The van der Waals surface area contributed by atoms with Crippen LogP contribution in [0.25, 0.3) is 0 Å². The lowest BCUT2D eigenvalue weighted by Gasteiger charge is -2.17. The molecule has 0 atom stereocenters. The molecule has 10 heteroatoms. The lowest BCUT2D eigenvalue weighted by Crippen LogP contribution is -2.23. The summed E-state index contributed by atoms with van der Waals surface area (Å²) >= 11 is 0. The Morgan fingerprint density at radius 3 is 2.16 bits per heavy atom. The van der Waals surface area contributed by atoms with Gasteiger partial charge in [-0.3, -0.25) is 25.0 Å². The van der Waals surface area contributed by atoms with Crippen molar-refractivity contribution in [1.29, 1.82) is 0 Å². The molecular formula is C22H17FN4O5. The van der Waals surface area contributed by atoms with Crippen LogP contribution < -0.4 is 10.2 Å². The summed E-state index contributed by atoms with van der Waals surface area (Å²) in [6.45, 7) is 1.48. The zero-order valence-electron chi connectivity index (χ0n) is 16.7. The van der Waals surface area contributed by atoms with Crippen molar-refractivity contribution in [2.45, 2.75) is 19.6 Å². The average Bonchev–Trinajstić information content (AvgIpc) is 3.20. The number of carbonyl (C=O) groups excluding carboxylic acids is 1. The zero-order valence-corrected chi connectivity index (χ0v) is 16.7. The molecule has 1 N–H and O–H groups in total. The van der Waals surface area contributed by atoms with Crippen molar-refractivity contribution >= 4 is 23.0 Å². The fraction of sp³-hybridized carbons (Fsp3) is 0.136. The topological polar surface area (TPSA) is 119 Å². The SMILES string of the molecule is O=C(NCc1ccc2c(c1)CN(c1ccc(F)cc1)C2)c1cc([N+](=O)[O-])cc([N+](=O)[O-])c1. The van der Waals surface area contributed by atoms with Gasteiger partial charge in [0.25, 0.3) is 17.3 Å². The van der Waals surface area contributed by atoms with Crippen LogP contribution in [0.2, 0.25) is 0 Å². The maximum absolute atomic E-state index is 13.2. The number of rotatable bonds is 6. The highest BCUT2D eigenvalue weighted by Crippen LogP contribution is 2.29. The molecule has 0 aromatic heterocycles. The Labute approximate surface area is 181 Å². The van der Waals surface area contributed by atoms with Gasteiger partial charge in [0, 0.05) is 37.5 Å². The number of hydrogen-bond acceptors (Lipinski definition) is 6. The number of anilines is 1. The summed E-state index contributed by atoms with van der Waals surface area (Å²) in [6.07, 6.45) is 0. The standard InChI is InChI=1S/C22H17FN4O5/c23-18-3-5-19(6-4-18)25-12-15-2-1-14(7-17(15)13-25)11-24-22(28)16-8-20(26(29)30)10-21(9-16)27(31)32/h1-10H,11-13H2,(H,24,28). The number of nitrogens with zero attached hydrogens (tertiary/aromatic N) is 3. The smallest absolute Gasteiger partial charge is 0.277 e. The minimum Gasteiger partial charge on any atom is -0.363 e. The molecule has 0 spiro atoms. The van der Waals surface area contributed by atoms with E-state index in [-0.39, 0.29) is 17.9 Å². The summed E-state index contributed by atoms with van der Waals surface area (Å²) in [6, 6.07) is 14.9. The van der Waals surface area contributed by atoms with Crippen LogP contribution in [-0.4, -0.2) is 15.8 Å². The van der Waals surface area contributed by atoms with Crippen LogP contribution in [0.4, 0.5) is 21.5 Å². The number of hydrogen-bond donors (Lipinski definition) is 1. The number of benzene rings is 3. The molecule has 0 saturated carbocycles. The molecular weight excluding hydrogens is 419 g/mol. The van der Waals surface area contributed by atoms with Gasteiger partial charge >= 0.3 is 0 Å². The quantitative estimate of drug-likeness (QED) is 0.459. The average molecular weight is 436 g/mol. The maximum Gasteiger partial charge on any atom is 0.277 e. The molecule has 0 radical (unpaired) electrons. The van der Waals surface area contributed by atoms with Crippen LogP contribution in [0.5, 0.6) is 0 Å². The molecule has 0 fully saturated rings. The van der Waals surface area contributed by atoms with E-state index >= 15 is 0 Å². The molecule has 1 aliphatic heterocycles. The minimum atomic E-state index is -0.781. The van der Waals surface area contributed by atoms with Gasteiger partial charge in [0.15, 0.2) is 0 Å². The van der Waals surface area contributed by atoms with E-state index in [1.54, 1.807) is 12.1 Å². The lowest BCUT2D eigenvalue weighted by atomic mass is 10.1. The zero-order chi connectivity index (χ0) is 22.8. The molecule has 0 saturated heterocycles. The molecule has 1 aliphatic rings. The molecule has 9 nitrogen and oxygen atoms in total. The Bertz CT molecular complexity index is 1200. The third-order valence-corrected chi connectivity index (χ3v) is 5.22. The van der Waals surface area contributed by atoms with E-state index in [0.717, 1.165) is 40.6 Å². The van der Waals surface area contributed by atoms with Crippen LogP contribution in [0.15, 0.2) is 60.7 Å². The highest BCUT2D eigenvalue weighted by atomic mass is 19.1. The van der Waals surface area contributed by atoms with E-state index in [2.05, 4.69) is 10.2 Å². The summed E-state index contributed by atoms with van der Waals surface area (Å²) < 4.78 is 13.2. The third-order valence-electron chi connectivity index (χ3n) is 5.22. The number of nitrogens with one attached hydrogen (secondary N) is 1. The van der Waals surface area contributed by atoms with Gasteiger partial charge in [-0.15, -0.1) is 0 Å². The fourth-order valence-corrected chi connectivity index (χ4v) is 3.61.